The summed E-state index contributed by atoms with van der Waals surface area (Å²) in [5, 5.41) is 13.1. The molecule has 1 aliphatic heterocycles. The molecule has 4 heterocycles. The van der Waals surface area contributed by atoms with Crippen molar-refractivity contribution in [3.8, 4) is 21.1 Å². The average Bonchev–Trinajstić information content (AvgIpc) is 3.43. The minimum atomic E-state index is -0.149. The molecule has 9 heteroatoms. The van der Waals surface area contributed by atoms with Crippen molar-refractivity contribution < 1.29 is 4.79 Å². The van der Waals surface area contributed by atoms with Crippen LogP contribution in [0.15, 0.2) is 36.7 Å². The molecule has 0 aliphatic carbocycles. The van der Waals surface area contributed by atoms with Crippen LogP contribution in [0.1, 0.15) is 28.9 Å². The molecule has 2 N–H and O–H groups in total. The van der Waals surface area contributed by atoms with Gasteiger partial charge >= 0.3 is 0 Å². The van der Waals surface area contributed by atoms with E-state index in [2.05, 4.69) is 32.4 Å². The van der Waals surface area contributed by atoms with Crippen LogP contribution in [0.3, 0.4) is 0 Å². The van der Waals surface area contributed by atoms with Crippen LogP contribution >= 0.6 is 22.9 Å². The number of pyridine rings is 1. The number of thiazole rings is 1. The lowest BCUT2D eigenvalue weighted by atomic mass is 10.1. The number of hydrogen-bond acceptors (Lipinski definition) is 6. The van der Waals surface area contributed by atoms with E-state index in [4.69, 9.17) is 16.6 Å². The molecule has 0 radical (unpaired) electrons. The number of nitrogens with one attached hydrogen (secondary N) is 2. The fourth-order valence-corrected chi connectivity index (χ4v) is 5.25. The molecule has 32 heavy (non-hydrogen) atoms. The van der Waals surface area contributed by atoms with Crippen LogP contribution in [0, 0.1) is 6.92 Å². The number of aromatic amines is 1. The number of nitrogens with zero attached hydrogens (tertiary/aromatic N) is 4. The van der Waals surface area contributed by atoms with Crippen LogP contribution in [0.25, 0.3) is 32.0 Å². The Hall–Kier alpha value is -2.81. The van der Waals surface area contributed by atoms with Gasteiger partial charge in [-0.15, -0.1) is 11.3 Å². The van der Waals surface area contributed by atoms with Crippen LogP contribution in [0.5, 0.6) is 0 Å². The van der Waals surface area contributed by atoms with Crippen molar-refractivity contribution in [3.63, 3.8) is 0 Å². The Bertz CT molecular complexity index is 1280. The number of rotatable bonds is 4. The molecule has 1 amide bonds. The molecular formula is C23H23ClN6OS. The molecule has 7 nitrogen and oxygen atoms in total. The van der Waals surface area contributed by atoms with Gasteiger partial charge in [-0.05, 0) is 63.7 Å². The van der Waals surface area contributed by atoms with Gasteiger partial charge in [0, 0.05) is 34.4 Å². The number of benzene rings is 1. The lowest BCUT2D eigenvalue weighted by Gasteiger charge is -2.29. The summed E-state index contributed by atoms with van der Waals surface area (Å²) < 4.78 is 0. The Kier molecular flexibility index (Phi) is 5.67. The van der Waals surface area contributed by atoms with Gasteiger partial charge in [-0.1, -0.05) is 17.7 Å². The van der Waals surface area contributed by atoms with E-state index >= 15 is 0 Å². The topological polar surface area (TPSA) is 86.8 Å². The maximum atomic E-state index is 13.3. The third-order valence-electron chi connectivity index (χ3n) is 5.95. The number of carbonyl (C=O) groups excluding carboxylic acids is 1. The van der Waals surface area contributed by atoms with Crippen molar-refractivity contribution in [1.29, 1.82) is 0 Å². The first-order valence-corrected chi connectivity index (χ1v) is 11.7. The van der Waals surface area contributed by atoms with Gasteiger partial charge in [-0.25, -0.2) is 4.98 Å². The van der Waals surface area contributed by atoms with Gasteiger partial charge in [-0.3, -0.25) is 14.9 Å². The molecule has 0 atom stereocenters. The van der Waals surface area contributed by atoms with E-state index in [0.29, 0.717) is 15.7 Å². The largest absolute Gasteiger partial charge is 0.348 e. The van der Waals surface area contributed by atoms with Gasteiger partial charge in [0.15, 0.2) is 0 Å². The smallest absolute Gasteiger partial charge is 0.271 e. The first-order chi connectivity index (χ1) is 15.5. The summed E-state index contributed by atoms with van der Waals surface area (Å²) in [5.74, 6) is -0.149. The first kappa shape index (κ1) is 21.1. The average molecular weight is 467 g/mol. The van der Waals surface area contributed by atoms with Crippen molar-refractivity contribution >= 4 is 39.7 Å². The highest BCUT2D eigenvalue weighted by molar-refractivity contribution is 7.18. The number of amides is 1. The zero-order valence-corrected chi connectivity index (χ0v) is 19.4. The molecule has 0 bridgehead atoms. The quantitative estimate of drug-likeness (QED) is 0.461. The van der Waals surface area contributed by atoms with E-state index in [1.807, 2.05) is 31.2 Å². The molecule has 164 valence electrons. The molecule has 0 unspecified atom stereocenters. The molecule has 1 aromatic carbocycles. The van der Waals surface area contributed by atoms with E-state index in [0.717, 1.165) is 58.5 Å². The van der Waals surface area contributed by atoms with Crippen LogP contribution in [-0.4, -0.2) is 57.2 Å². The maximum Gasteiger partial charge on any atom is 0.271 e. The van der Waals surface area contributed by atoms with E-state index in [1.54, 1.807) is 12.4 Å². The normalized spacial score (nSPS) is 15.3. The van der Waals surface area contributed by atoms with Crippen molar-refractivity contribution in [2.75, 3.05) is 20.1 Å². The number of aryl methyl sites for hydroxylation is 1. The molecule has 1 aliphatic rings. The van der Waals surface area contributed by atoms with Crippen LogP contribution < -0.4 is 5.32 Å². The Morgan fingerprint density at radius 3 is 2.84 bits per heavy atom. The predicted molar refractivity (Wildman–Crippen MR) is 128 cm³/mol. The zero-order chi connectivity index (χ0) is 22.2. The summed E-state index contributed by atoms with van der Waals surface area (Å²) in [7, 11) is 2.11. The molecule has 5 rings (SSSR count). The van der Waals surface area contributed by atoms with Gasteiger partial charge in [0.2, 0.25) is 0 Å². The third kappa shape index (κ3) is 3.90. The summed E-state index contributed by atoms with van der Waals surface area (Å²) in [6, 6.07) is 7.77. The van der Waals surface area contributed by atoms with Crippen LogP contribution in [0.2, 0.25) is 5.02 Å². The second kappa shape index (κ2) is 8.61. The summed E-state index contributed by atoms with van der Waals surface area (Å²) in [6.07, 6.45) is 5.36. The van der Waals surface area contributed by atoms with Crippen molar-refractivity contribution in [2.45, 2.75) is 25.8 Å². The van der Waals surface area contributed by atoms with Gasteiger partial charge in [0.25, 0.3) is 5.91 Å². The van der Waals surface area contributed by atoms with Gasteiger partial charge < -0.3 is 10.2 Å². The maximum absolute atomic E-state index is 13.3. The highest BCUT2D eigenvalue weighted by atomic mass is 35.5. The van der Waals surface area contributed by atoms with Gasteiger partial charge in [0.1, 0.15) is 16.4 Å². The highest BCUT2D eigenvalue weighted by Crippen LogP contribution is 2.38. The van der Waals surface area contributed by atoms with Gasteiger partial charge in [0.05, 0.1) is 10.4 Å². The van der Waals surface area contributed by atoms with Crippen LogP contribution in [0.4, 0.5) is 0 Å². The van der Waals surface area contributed by atoms with E-state index < -0.39 is 0 Å². The molecule has 1 saturated heterocycles. The van der Waals surface area contributed by atoms with Gasteiger partial charge in [-0.2, -0.15) is 5.10 Å². The Morgan fingerprint density at radius 2 is 2.09 bits per heavy atom. The van der Waals surface area contributed by atoms with E-state index in [9.17, 15) is 4.79 Å². The first-order valence-electron chi connectivity index (χ1n) is 10.6. The third-order valence-corrected chi connectivity index (χ3v) is 7.48. The molecule has 4 aromatic rings. The van der Waals surface area contributed by atoms with Crippen LogP contribution in [-0.2, 0) is 0 Å². The summed E-state index contributed by atoms with van der Waals surface area (Å²) >= 11 is 7.73. The minimum absolute atomic E-state index is 0.149. The molecular weight excluding hydrogens is 444 g/mol. The van der Waals surface area contributed by atoms with Crippen molar-refractivity contribution in [1.82, 2.24) is 30.4 Å². The number of carbonyl (C=O) groups is 1. The number of piperidine rings is 1. The number of halogens is 1. The standard InChI is InChI=1S/C23H23ClN6OS/c1-13-17(24)6-5-16-18(13)28-29-19(16)23-27-20(21(32-23)14-4-3-9-25-12-14)22(31)26-15-7-10-30(2)11-8-15/h3-6,9,12,15H,7-8,10-11H2,1-2H3,(H,26,31)(H,28,29). The summed E-state index contributed by atoms with van der Waals surface area (Å²) in [6.45, 7) is 3.90. The molecule has 3 aromatic heterocycles. The Morgan fingerprint density at radius 1 is 1.28 bits per heavy atom. The summed E-state index contributed by atoms with van der Waals surface area (Å²) in [4.78, 5) is 25.4. The molecule has 0 saturated carbocycles. The van der Waals surface area contributed by atoms with Crippen molar-refractivity contribution in [3.05, 3.63) is 52.9 Å². The summed E-state index contributed by atoms with van der Waals surface area (Å²) in [5.41, 5.74) is 3.80. The number of H-pyrrole nitrogens is 1. The SMILES string of the molecule is Cc1c(Cl)ccc2c(-c3nc(C(=O)NC4CCN(C)CC4)c(-c4cccnc4)s3)[nH]nc12. The second-order valence-corrected chi connectivity index (χ2v) is 9.56. The molecule has 0 spiro atoms. The lowest BCUT2D eigenvalue weighted by Crippen LogP contribution is -2.43. The monoisotopic (exact) mass is 466 g/mol. The number of fused-ring (bicyclic) bond motifs is 1. The van der Waals surface area contributed by atoms with Crippen molar-refractivity contribution in [2.24, 2.45) is 0 Å². The highest BCUT2D eigenvalue weighted by Gasteiger charge is 2.25. The predicted octanol–water partition coefficient (Wildman–Crippen LogP) is 4.53. The number of likely N-dealkylation sites (tertiary alicyclic amines) is 1. The number of aromatic nitrogens is 4. The lowest BCUT2D eigenvalue weighted by molar-refractivity contribution is 0.0913. The van der Waals surface area contributed by atoms with E-state index in [-0.39, 0.29) is 11.9 Å². The fraction of sp³-hybridized carbons (Fsp3) is 0.304. The Balaban J connectivity index is 1.55. The fourth-order valence-electron chi connectivity index (χ4n) is 4.04. The molecule has 1 fully saturated rings. The zero-order valence-electron chi connectivity index (χ0n) is 17.9. The Labute approximate surface area is 194 Å². The minimum Gasteiger partial charge on any atom is -0.348 e. The number of hydrogen-bond donors (Lipinski definition) is 2. The van der Waals surface area contributed by atoms with E-state index in [1.165, 1.54) is 11.3 Å². The second-order valence-electron chi connectivity index (χ2n) is 8.16.